The third kappa shape index (κ3) is 5.51. The van der Waals surface area contributed by atoms with E-state index in [0.717, 1.165) is 0 Å². The maximum atomic E-state index is 15.1. The molecular weight excluding hydrogens is 569 g/mol. The Morgan fingerprint density at radius 3 is 2.59 bits per heavy atom. The molecule has 0 spiro atoms. The van der Waals surface area contributed by atoms with Crippen molar-refractivity contribution < 1.29 is 13.6 Å². The maximum Gasteiger partial charge on any atom is 0.330 e. The van der Waals surface area contributed by atoms with Gasteiger partial charge < -0.3 is 25.3 Å². The van der Waals surface area contributed by atoms with Crippen molar-refractivity contribution in [3.05, 3.63) is 58.5 Å². The van der Waals surface area contributed by atoms with Crippen molar-refractivity contribution in [2.75, 3.05) is 64.0 Å². The molecule has 14 nitrogen and oxygen atoms in total. The van der Waals surface area contributed by atoms with Crippen molar-refractivity contribution in [2.45, 2.75) is 19.5 Å². The van der Waals surface area contributed by atoms with E-state index in [4.69, 9.17) is 10.2 Å². The van der Waals surface area contributed by atoms with E-state index in [1.54, 1.807) is 35.9 Å². The molecule has 0 bridgehead atoms. The SMILES string of the molecule is C[C@H](CN(C)C)NC(=O)c1ccc(N2CCN(CCn3c(=O)n(C)c4c3nc(N)n3nc(-c5ccco5)nc43)CC2)c(F)c1. The lowest BCUT2D eigenvalue weighted by molar-refractivity contribution is 0.0934. The van der Waals surface area contributed by atoms with Gasteiger partial charge in [-0.25, -0.2) is 14.2 Å². The number of nitrogens with zero attached hydrogens (tertiary/aromatic N) is 9. The van der Waals surface area contributed by atoms with Crippen LogP contribution in [-0.2, 0) is 13.6 Å². The molecule has 0 radical (unpaired) electrons. The van der Waals surface area contributed by atoms with Crippen LogP contribution >= 0.6 is 0 Å². The molecule has 1 aliphatic heterocycles. The van der Waals surface area contributed by atoms with Gasteiger partial charge in [-0.15, -0.1) is 5.10 Å². The zero-order valence-electron chi connectivity index (χ0n) is 25.2. The molecule has 1 atom stereocenters. The molecule has 5 heterocycles. The van der Waals surface area contributed by atoms with E-state index < -0.39 is 5.82 Å². The number of rotatable bonds is 9. The molecule has 44 heavy (non-hydrogen) atoms. The van der Waals surface area contributed by atoms with Gasteiger partial charge in [-0.2, -0.15) is 9.50 Å². The number of amides is 1. The van der Waals surface area contributed by atoms with Crippen LogP contribution in [0.15, 0.2) is 45.8 Å². The smallest absolute Gasteiger partial charge is 0.330 e. The van der Waals surface area contributed by atoms with Gasteiger partial charge in [-0.05, 0) is 51.4 Å². The minimum absolute atomic E-state index is 0.0601. The van der Waals surface area contributed by atoms with Crippen LogP contribution in [0.1, 0.15) is 17.3 Å². The van der Waals surface area contributed by atoms with Crippen LogP contribution in [0, 0.1) is 5.82 Å². The molecule has 1 saturated heterocycles. The number of carbonyl (C=O) groups excluding carboxylic acids is 1. The lowest BCUT2D eigenvalue weighted by atomic mass is 10.1. The topological polar surface area (TPSA) is 148 Å². The highest BCUT2D eigenvalue weighted by atomic mass is 19.1. The number of halogens is 1. The highest BCUT2D eigenvalue weighted by molar-refractivity contribution is 5.94. The number of nitrogen functional groups attached to an aromatic ring is 1. The molecule has 232 valence electrons. The molecule has 0 unspecified atom stereocenters. The minimum atomic E-state index is -0.424. The Morgan fingerprint density at radius 2 is 1.91 bits per heavy atom. The highest BCUT2D eigenvalue weighted by Gasteiger charge is 2.24. The van der Waals surface area contributed by atoms with E-state index in [9.17, 15) is 9.59 Å². The lowest BCUT2D eigenvalue weighted by Crippen LogP contribution is -2.47. The third-order valence-electron chi connectivity index (χ3n) is 7.90. The Hall–Kier alpha value is -4.76. The summed E-state index contributed by atoms with van der Waals surface area (Å²) in [5.41, 5.74) is 8.14. The fraction of sp³-hybridized carbons (Fsp3) is 0.414. The van der Waals surface area contributed by atoms with Crippen LogP contribution in [-0.4, -0.2) is 104 Å². The summed E-state index contributed by atoms with van der Waals surface area (Å²) in [6.07, 6.45) is 1.53. The molecular formula is C29H36FN11O3. The van der Waals surface area contributed by atoms with Crippen molar-refractivity contribution in [1.82, 2.24) is 43.8 Å². The average molecular weight is 606 g/mol. The molecule has 1 amide bonds. The molecule has 6 rings (SSSR count). The number of aromatic nitrogens is 6. The monoisotopic (exact) mass is 605 g/mol. The molecule has 0 aliphatic carbocycles. The fourth-order valence-corrected chi connectivity index (χ4v) is 5.76. The molecule has 1 aromatic carbocycles. The van der Waals surface area contributed by atoms with Gasteiger partial charge in [0.2, 0.25) is 11.8 Å². The van der Waals surface area contributed by atoms with Crippen LogP contribution in [0.4, 0.5) is 16.0 Å². The van der Waals surface area contributed by atoms with Crippen molar-refractivity contribution >= 4 is 34.4 Å². The molecule has 1 fully saturated rings. The number of hydrogen-bond acceptors (Lipinski definition) is 10. The Bertz CT molecular complexity index is 1870. The fourth-order valence-electron chi connectivity index (χ4n) is 5.76. The first-order valence-corrected chi connectivity index (χ1v) is 14.5. The van der Waals surface area contributed by atoms with Crippen molar-refractivity contribution in [3.8, 4) is 11.6 Å². The number of nitrogens with one attached hydrogen (secondary N) is 1. The lowest BCUT2D eigenvalue weighted by Gasteiger charge is -2.36. The van der Waals surface area contributed by atoms with E-state index in [1.165, 1.54) is 21.4 Å². The van der Waals surface area contributed by atoms with Crippen LogP contribution in [0.25, 0.3) is 28.4 Å². The number of anilines is 2. The summed E-state index contributed by atoms with van der Waals surface area (Å²) in [6.45, 7) is 6.16. The second-order valence-corrected chi connectivity index (χ2v) is 11.4. The maximum absolute atomic E-state index is 15.1. The summed E-state index contributed by atoms with van der Waals surface area (Å²) in [7, 11) is 5.54. The molecule has 0 saturated carbocycles. The largest absolute Gasteiger partial charge is 0.461 e. The predicted molar refractivity (Wildman–Crippen MR) is 164 cm³/mol. The average Bonchev–Trinajstić information content (AvgIpc) is 3.72. The number of piperazine rings is 1. The second kappa shape index (κ2) is 11.7. The van der Waals surface area contributed by atoms with E-state index >= 15 is 4.39 Å². The number of furan rings is 1. The number of benzene rings is 1. The normalized spacial score (nSPS) is 15.1. The van der Waals surface area contributed by atoms with Crippen LogP contribution in [0.5, 0.6) is 0 Å². The Balaban J connectivity index is 1.12. The Kier molecular flexibility index (Phi) is 7.82. The first kappa shape index (κ1) is 29.3. The first-order valence-electron chi connectivity index (χ1n) is 14.5. The zero-order chi connectivity index (χ0) is 31.1. The van der Waals surface area contributed by atoms with Gasteiger partial charge >= 0.3 is 5.69 Å². The number of carbonyl (C=O) groups is 1. The summed E-state index contributed by atoms with van der Waals surface area (Å²) in [6, 6.07) is 8.07. The van der Waals surface area contributed by atoms with E-state index in [0.29, 0.717) is 85.5 Å². The van der Waals surface area contributed by atoms with Gasteiger partial charge in [0.25, 0.3) is 5.91 Å². The summed E-state index contributed by atoms with van der Waals surface area (Å²) in [5, 5.41) is 7.32. The highest BCUT2D eigenvalue weighted by Crippen LogP contribution is 2.24. The number of likely N-dealkylation sites (N-methyl/N-ethyl adjacent to an activating group) is 1. The zero-order valence-corrected chi connectivity index (χ0v) is 25.2. The van der Waals surface area contributed by atoms with Crippen molar-refractivity contribution in [2.24, 2.45) is 7.05 Å². The number of aryl methyl sites for hydroxylation is 1. The molecule has 1 aliphatic rings. The van der Waals surface area contributed by atoms with Crippen LogP contribution in [0.3, 0.4) is 0 Å². The standard InChI is InChI=1S/C29H36FN11O3/c1-18(17-36(2)3)32-27(42)19-7-8-21(20(30)16-19)39-12-9-38(10-13-39)11-14-40-25-23(37(4)29(40)43)26-33-24(22-6-5-15-44-22)35-41(26)28(31)34-25/h5-8,15-16,18H,9-14,17H2,1-4H3,(H2,31,34)(H,32,42)/t18-/m1/s1. The summed E-state index contributed by atoms with van der Waals surface area (Å²) in [5.74, 6) is 0.221. The van der Waals surface area contributed by atoms with Gasteiger partial charge in [0.1, 0.15) is 11.3 Å². The van der Waals surface area contributed by atoms with Gasteiger partial charge in [0.15, 0.2) is 17.1 Å². The molecule has 5 aromatic rings. The van der Waals surface area contributed by atoms with Crippen molar-refractivity contribution in [1.29, 1.82) is 0 Å². The predicted octanol–water partition coefficient (Wildman–Crippen LogP) is 1.26. The van der Waals surface area contributed by atoms with Crippen LogP contribution < -0.4 is 21.6 Å². The van der Waals surface area contributed by atoms with Gasteiger partial charge in [-0.3, -0.25) is 18.8 Å². The third-order valence-corrected chi connectivity index (χ3v) is 7.90. The number of imidazole rings is 1. The van der Waals surface area contributed by atoms with Gasteiger partial charge in [0, 0.05) is 64.5 Å². The second-order valence-electron chi connectivity index (χ2n) is 11.4. The minimum Gasteiger partial charge on any atom is -0.461 e. The van der Waals surface area contributed by atoms with Crippen molar-refractivity contribution in [3.63, 3.8) is 0 Å². The van der Waals surface area contributed by atoms with E-state index in [2.05, 4.69) is 25.3 Å². The van der Waals surface area contributed by atoms with Crippen LogP contribution in [0.2, 0.25) is 0 Å². The van der Waals surface area contributed by atoms with Gasteiger partial charge in [0.05, 0.1) is 12.0 Å². The number of hydrogen-bond donors (Lipinski definition) is 2. The number of fused-ring (bicyclic) bond motifs is 3. The summed E-state index contributed by atoms with van der Waals surface area (Å²) < 4.78 is 25.1. The van der Waals surface area contributed by atoms with Gasteiger partial charge in [-0.1, -0.05) is 0 Å². The summed E-state index contributed by atoms with van der Waals surface area (Å²) >= 11 is 0. The molecule has 3 N–H and O–H groups in total. The van der Waals surface area contributed by atoms with E-state index in [1.807, 2.05) is 30.8 Å². The molecule has 15 heteroatoms. The Labute approximate surface area is 252 Å². The van der Waals surface area contributed by atoms with E-state index in [-0.39, 0.29) is 23.6 Å². The first-order chi connectivity index (χ1) is 21.1. The molecule has 4 aromatic heterocycles. The Morgan fingerprint density at radius 1 is 1.14 bits per heavy atom. The summed E-state index contributed by atoms with van der Waals surface area (Å²) in [4.78, 5) is 41.1. The number of nitrogens with two attached hydrogens (primary N) is 1. The quantitative estimate of drug-likeness (QED) is 0.252.